The van der Waals surface area contributed by atoms with Gasteiger partial charge in [0, 0.05) is 11.3 Å². The largest absolute Gasteiger partial charge is 0.477 e. The average molecular weight is 308 g/mol. The molecule has 21 heavy (non-hydrogen) atoms. The molecule has 2 heterocycles. The van der Waals surface area contributed by atoms with E-state index in [-0.39, 0.29) is 23.7 Å². The van der Waals surface area contributed by atoms with Crippen molar-refractivity contribution in [1.29, 1.82) is 0 Å². The number of H-pyrrole nitrogens is 1. The Balaban J connectivity index is 1.95. The van der Waals surface area contributed by atoms with Crippen molar-refractivity contribution in [3.8, 4) is 0 Å². The van der Waals surface area contributed by atoms with Crippen LogP contribution in [0.15, 0.2) is 0 Å². The molecule has 0 atom stereocenters. The van der Waals surface area contributed by atoms with E-state index in [1.165, 1.54) is 0 Å². The first-order chi connectivity index (χ1) is 9.88. The van der Waals surface area contributed by atoms with Gasteiger partial charge in [0.1, 0.15) is 9.88 Å². The van der Waals surface area contributed by atoms with Gasteiger partial charge in [0.25, 0.3) is 0 Å². The van der Waals surface area contributed by atoms with Gasteiger partial charge in [-0.15, -0.1) is 11.3 Å². The highest BCUT2D eigenvalue weighted by molar-refractivity contribution is 7.13. The van der Waals surface area contributed by atoms with E-state index < -0.39 is 5.97 Å². The number of aryl methyl sites for hydroxylation is 3. The Morgan fingerprint density at radius 3 is 2.52 bits per heavy atom. The molecule has 0 saturated heterocycles. The summed E-state index contributed by atoms with van der Waals surface area (Å²) in [5.41, 5.74) is 3.04. The second-order valence-electron chi connectivity index (χ2n) is 4.69. The Morgan fingerprint density at radius 2 is 2.00 bits per heavy atom. The fourth-order valence-electron chi connectivity index (χ4n) is 1.96. The summed E-state index contributed by atoms with van der Waals surface area (Å²) in [5.74, 6) is -1.14. The molecule has 7 nitrogen and oxygen atoms in total. The maximum atomic E-state index is 11.9. The summed E-state index contributed by atoms with van der Waals surface area (Å²) >= 11 is 1.08. The van der Waals surface area contributed by atoms with E-state index in [1.54, 1.807) is 6.92 Å². The first-order valence-corrected chi connectivity index (χ1v) is 7.17. The van der Waals surface area contributed by atoms with Gasteiger partial charge in [-0.25, -0.2) is 9.78 Å². The van der Waals surface area contributed by atoms with Gasteiger partial charge < -0.3 is 10.4 Å². The van der Waals surface area contributed by atoms with Crippen molar-refractivity contribution in [2.24, 2.45) is 0 Å². The third-order valence-corrected chi connectivity index (χ3v) is 4.24. The van der Waals surface area contributed by atoms with Crippen molar-refractivity contribution in [3.05, 3.63) is 32.5 Å². The van der Waals surface area contributed by atoms with Crippen molar-refractivity contribution in [2.45, 2.75) is 33.7 Å². The number of carbonyl (C=O) groups is 2. The molecular formula is C13H16N4O3S. The SMILES string of the molecule is Cc1nc(CNC(=O)Cc2c(C)n[nH]c2C)sc1C(=O)O. The Bertz CT molecular complexity index is 670. The van der Waals surface area contributed by atoms with E-state index in [0.717, 1.165) is 28.3 Å². The van der Waals surface area contributed by atoms with Crippen LogP contribution in [0.25, 0.3) is 0 Å². The zero-order chi connectivity index (χ0) is 15.6. The van der Waals surface area contributed by atoms with Crippen LogP contribution in [0.4, 0.5) is 0 Å². The van der Waals surface area contributed by atoms with Gasteiger partial charge in [0.15, 0.2) is 0 Å². The number of carboxylic acid groups (broad SMARTS) is 1. The number of rotatable bonds is 5. The summed E-state index contributed by atoms with van der Waals surface area (Å²) < 4.78 is 0. The van der Waals surface area contributed by atoms with Crippen molar-refractivity contribution < 1.29 is 14.7 Å². The molecule has 0 bridgehead atoms. The van der Waals surface area contributed by atoms with Gasteiger partial charge in [-0.05, 0) is 20.8 Å². The van der Waals surface area contributed by atoms with E-state index in [2.05, 4.69) is 20.5 Å². The predicted octanol–water partition coefficient (Wildman–Crippen LogP) is 1.35. The molecule has 0 saturated carbocycles. The number of nitrogens with zero attached hydrogens (tertiary/aromatic N) is 2. The zero-order valence-corrected chi connectivity index (χ0v) is 12.8. The van der Waals surface area contributed by atoms with E-state index in [4.69, 9.17) is 5.11 Å². The maximum Gasteiger partial charge on any atom is 0.347 e. The van der Waals surface area contributed by atoms with Crippen molar-refractivity contribution in [3.63, 3.8) is 0 Å². The summed E-state index contributed by atoms with van der Waals surface area (Å²) in [4.78, 5) is 27.2. The monoisotopic (exact) mass is 308 g/mol. The number of nitrogens with one attached hydrogen (secondary N) is 2. The molecule has 2 aromatic heterocycles. The number of aromatic nitrogens is 3. The number of hydrogen-bond acceptors (Lipinski definition) is 5. The van der Waals surface area contributed by atoms with Gasteiger partial charge >= 0.3 is 5.97 Å². The third kappa shape index (κ3) is 3.46. The lowest BCUT2D eigenvalue weighted by Gasteiger charge is -2.03. The molecular weight excluding hydrogens is 292 g/mol. The second kappa shape index (κ2) is 6.04. The molecule has 0 aliphatic carbocycles. The van der Waals surface area contributed by atoms with Crippen LogP contribution < -0.4 is 5.32 Å². The van der Waals surface area contributed by atoms with Gasteiger partial charge in [-0.3, -0.25) is 9.89 Å². The van der Waals surface area contributed by atoms with Gasteiger partial charge in [-0.2, -0.15) is 5.10 Å². The van der Waals surface area contributed by atoms with Crippen LogP contribution in [0.5, 0.6) is 0 Å². The molecule has 112 valence electrons. The minimum absolute atomic E-state index is 0.146. The first kappa shape index (κ1) is 15.2. The van der Waals surface area contributed by atoms with Gasteiger partial charge in [0.05, 0.1) is 24.4 Å². The van der Waals surface area contributed by atoms with Crippen molar-refractivity contribution in [2.75, 3.05) is 0 Å². The second-order valence-corrected chi connectivity index (χ2v) is 5.78. The molecule has 0 fully saturated rings. The quantitative estimate of drug-likeness (QED) is 0.772. The normalized spacial score (nSPS) is 10.6. The van der Waals surface area contributed by atoms with Crippen LogP contribution in [-0.2, 0) is 17.8 Å². The molecule has 0 unspecified atom stereocenters. The van der Waals surface area contributed by atoms with Gasteiger partial charge in [-0.1, -0.05) is 0 Å². The lowest BCUT2D eigenvalue weighted by molar-refractivity contribution is -0.120. The number of thiazole rings is 1. The van der Waals surface area contributed by atoms with E-state index >= 15 is 0 Å². The molecule has 0 radical (unpaired) electrons. The van der Waals surface area contributed by atoms with E-state index in [0.29, 0.717) is 10.7 Å². The number of carboxylic acids is 1. The topological polar surface area (TPSA) is 108 Å². The lowest BCUT2D eigenvalue weighted by atomic mass is 10.1. The van der Waals surface area contributed by atoms with Gasteiger partial charge in [0.2, 0.25) is 5.91 Å². The van der Waals surface area contributed by atoms with Crippen molar-refractivity contribution >= 4 is 23.2 Å². The smallest absolute Gasteiger partial charge is 0.347 e. The fourth-order valence-corrected chi connectivity index (χ4v) is 2.80. The molecule has 1 amide bonds. The van der Waals surface area contributed by atoms with Crippen molar-refractivity contribution in [1.82, 2.24) is 20.5 Å². The molecule has 2 rings (SSSR count). The maximum absolute atomic E-state index is 11.9. The molecule has 0 aromatic carbocycles. The van der Waals surface area contributed by atoms with Crippen LogP contribution >= 0.6 is 11.3 Å². The van der Waals surface area contributed by atoms with Crippen LogP contribution in [0, 0.1) is 20.8 Å². The number of aromatic amines is 1. The first-order valence-electron chi connectivity index (χ1n) is 6.35. The molecule has 0 aliphatic rings. The molecule has 0 aliphatic heterocycles. The van der Waals surface area contributed by atoms with Crippen LogP contribution in [0.1, 0.15) is 37.3 Å². The fraction of sp³-hybridized carbons (Fsp3) is 0.385. The minimum atomic E-state index is -0.993. The number of hydrogen-bond donors (Lipinski definition) is 3. The summed E-state index contributed by atoms with van der Waals surface area (Å²) in [6.45, 7) is 5.58. The van der Waals surface area contributed by atoms with Crippen LogP contribution in [-0.4, -0.2) is 32.2 Å². The highest BCUT2D eigenvalue weighted by Crippen LogP contribution is 2.18. The predicted molar refractivity (Wildman–Crippen MR) is 77.4 cm³/mol. The summed E-state index contributed by atoms with van der Waals surface area (Å²) in [7, 11) is 0. The molecule has 3 N–H and O–H groups in total. The van der Waals surface area contributed by atoms with E-state index in [9.17, 15) is 9.59 Å². The van der Waals surface area contributed by atoms with E-state index in [1.807, 2.05) is 13.8 Å². The Morgan fingerprint density at radius 1 is 1.29 bits per heavy atom. The number of amides is 1. The van der Waals surface area contributed by atoms with Crippen LogP contribution in [0.2, 0.25) is 0 Å². The Kier molecular flexibility index (Phi) is 4.37. The standard InChI is InChI=1S/C13H16N4O3S/c1-6-9(7(2)17-16-6)4-10(18)14-5-11-15-8(3)12(21-11)13(19)20/h4-5H2,1-3H3,(H,14,18)(H,16,17)(H,19,20). The Hall–Kier alpha value is -2.22. The average Bonchev–Trinajstić information content (AvgIpc) is 2.94. The lowest BCUT2D eigenvalue weighted by Crippen LogP contribution is -2.24. The zero-order valence-electron chi connectivity index (χ0n) is 12.0. The highest BCUT2D eigenvalue weighted by Gasteiger charge is 2.15. The minimum Gasteiger partial charge on any atom is -0.477 e. The Labute approximate surface area is 125 Å². The molecule has 2 aromatic rings. The summed E-state index contributed by atoms with van der Waals surface area (Å²) in [6, 6.07) is 0. The number of carbonyl (C=O) groups excluding carboxylic acids is 1. The van der Waals surface area contributed by atoms with Crippen LogP contribution in [0.3, 0.4) is 0 Å². The highest BCUT2D eigenvalue weighted by atomic mass is 32.1. The summed E-state index contributed by atoms with van der Waals surface area (Å²) in [5, 5.41) is 19.2. The third-order valence-electron chi connectivity index (χ3n) is 3.09. The molecule has 0 spiro atoms. The molecule has 8 heteroatoms. The number of aromatic carboxylic acids is 1. The summed E-state index contributed by atoms with van der Waals surface area (Å²) in [6.07, 6.45) is 0.240.